The van der Waals surface area contributed by atoms with E-state index in [1.807, 2.05) is 0 Å². The third kappa shape index (κ3) is 5.51. The van der Waals surface area contributed by atoms with Crippen LogP contribution < -0.4 is 14.8 Å². The monoisotopic (exact) mass is 435 g/mol. The van der Waals surface area contributed by atoms with E-state index in [-0.39, 0.29) is 27.9 Å². The molecular weight excluding hydrogens is 414 g/mol. The molecule has 10 heteroatoms. The molecule has 0 unspecified atom stereocenters. The Balaban J connectivity index is 1.72. The average molecular weight is 436 g/mol. The van der Waals surface area contributed by atoms with Crippen molar-refractivity contribution < 1.29 is 21.6 Å². The topological polar surface area (TPSA) is 121 Å². The zero-order chi connectivity index (χ0) is 21.1. The fourth-order valence-corrected chi connectivity index (χ4v) is 4.81. The van der Waals surface area contributed by atoms with Crippen molar-refractivity contribution in [3.8, 4) is 0 Å². The predicted octanol–water partition coefficient (Wildman–Crippen LogP) is 1.84. The largest absolute Gasteiger partial charge is 0.322 e. The molecule has 0 bridgehead atoms. The highest BCUT2D eigenvalue weighted by Gasteiger charge is 2.28. The Labute approximate surface area is 170 Å². The number of amides is 1. The molecule has 1 amide bonds. The molecule has 1 aliphatic rings. The van der Waals surface area contributed by atoms with Gasteiger partial charge in [-0.1, -0.05) is 12.1 Å². The molecule has 1 fully saturated rings. The van der Waals surface area contributed by atoms with E-state index in [4.69, 9.17) is 0 Å². The van der Waals surface area contributed by atoms with Crippen LogP contribution in [0.25, 0.3) is 0 Å². The quantitative estimate of drug-likeness (QED) is 0.519. The van der Waals surface area contributed by atoms with Crippen LogP contribution in [-0.4, -0.2) is 35.3 Å². The fourth-order valence-electron chi connectivity index (χ4n) is 2.47. The van der Waals surface area contributed by atoms with Crippen LogP contribution in [0.2, 0.25) is 0 Å². The second-order valence-electron chi connectivity index (χ2n) is 6.54. The van der Waals surface area contributed by atoms with Crippen LogP contribution in [0.3, 0.4) is 0 Å². The molecule has 154 valence electrons. The van der Waals surface area contributed by atoms with Crippen LogP contribution in [0.15, 0.2) is 71.0 Å². The van der Waals surface area contributed by atoms with Crippen molar-refractivity contribution >= 4 is 31.6 Å². The van der Waals surface area contributed by atoms with Gasteiger partial charge in [-0.3, -0.25) is 4.79 Å². The highest BCUT2D eigenvalue weighted by atomic mass is 32.2. The van der Waals surface area contributed by atoms with Gasteiger partial charge < -0.3 is 5.32 Å². The lowest BCUT2D eigenvalue weighted by Gasteiger charge is -2.09. The smallest absolute Gasteiger partial charge is 0.255 e. The maximum atomic E-state index is 12.5. The van der Waals surface area contributed by atoms with Crippen molar-refractivity contribution in [2.75, 3.05) is 11.9 Å². The highest BCUT2D eigenvalue weighted by molar-refractivity contribution is 7.89. The van der Waals surface area contributed by atoms with E-state index < -0.39 is 26.0 Å². The predicted molar refractivity (Wildman–Crippen MR) is 110 cm³/mol. The Bertz CT molecular complexity index is 1120. The van der Waals surface area contributed by atoms with E-state index in [1.165, 1.54) is 54.6 Å². The summed E-state index contributed by atoms with van der Waals surface area (Å²) in [6.07, 6.45) is 3.06. The summed E-state index contributed by atoms with van der Waals surface area (Å²) in [5, 5.41) is 2.63. The molecule has 0 aliphatic heterocycles. The maximum Gasteiger partial charge on any atom is 0.255 e. The van der Waals surface area contributed by atoms with Crippen LogP contribution in [-0.2, 0) is 20.0 Å². The second-order valence-corrected chi connectivity index (χ2v) is 10.0. The van der Waals surface area contributed by atoms with E-state index in [0.717, 1.165) is 12.8 Å². The zero-order valence-electron chi connectivity index (χ0n) is 15.5. The minimum absolute atomic E-state index is 0.0202. The van der Waals surface area contributed by atoms with Crippen LogP contribution in [0.4, 0.5) is 5.69 Å². The first kappa shape index (κ1) is 21.2. The Morgan fingerprint density at radius 2 is 1.69 bits per heavy atom. The minimum atomic E-state index is -3.67. The number of rotatable bonds is 9. The summed E-state index contributed by atoms with van der Waals surface area (Å²) in [7, 11) is -7.32. The summed E-state index contributed by atoms with van der Waals surface area (Å²) in [6, 6.07) is 11.3. The number of benzene rings is 2. The Morgan fingerprint density at radius 3 is 2.31 bits per heavy atom. The van der Waals surface area contributed by atoms with Gasteiger partial charge in [-0.15, -0.1) is 6.58 Å². The maximum absolute atomic E-state index is 12.5. The molecule has 3 N–H and O–H groups in total. The summed E-state index contributed by atoms with van der Waals surface area (Å²) in [6.45, 7) is 3.56. The number of hydrogen-bond donors (Lipinski definition) is 3. The molecular formula is C19H21N3O5S2. The van der Waals surface area contributed by atoms with Crippen molar-refractivity contribution in [2.24, 2.45) is 0 Å². The van der Waals surface area contributed by atoms with Crippen LogP contribution in [0.5, 0.6) is 0 Å². The van der Waals surface area contributed by atoms with Gasteiger partial charge in [0.1, 0.15) is 0 Å². The van der Waals surface area contributed by atoms with Crippen molar-refractivity contribution in [2.45, 2.75) is 28.7 Å². The lowest BCUT2D eigenvalue weighted by molar-refractivity contribution is 0.102. The third-order valence-corrected chi connectivity index (χ3v) is 7.10. The number of sulfonamides is 2. The molecule has 3 rings (SSSR count). The van der Waals surface area contributed by atoms with Crippen LogP contribution >= 0.6 is 0 Å². The standard InChI is InChI=1S/C19H21N3O5S2/c1-2-12-20-28(24,25)17-10-8-15(9-11-17)21-19(23)14-4-3-5-18(13-14)29(26,27)22-16-6-7-16/h2-5,8-11,13,16,20,22H,1,6-7,12H2,(H,21,23). The van der Waals surface area contributed by atoms with E-state index in [2.05, 4.69) is 21.3 Å². The zero-order valence-corrected chi connectivity index (χ0v) is 17.1. The molecule has 8 nitrogen and oxygen atoms in total. The number of carbonyl (C=O) groups excluding carboxylic acids is 1. The summed E-state index contributed by atoms with van der Waals surface area (Å²) >= 11 is 0. The van der Waals surface area contributed by atoms with Gasteiger partial charge in [-0.05, 0) is 55.3 Å². The van der Waals surface area contributed by atoms with Crippen molar-refractivity contribution in [3.63, 3.8) is 0 Å². The summed E-state index contributed by atoms with van der Waals surface area (Å²) < 4.78 is 53.6. The third-order valence-electron chi connectivity index (χ3n) is 4.15. The number of nitrogens with one attached hydrogen (secondary N) is 3. The first-order valence-corrected chi connectivity index (χ1v) is 11.8. The Kier molecular flexibility index (Phi) is 6.18. The Morgan fingerprint density at radius 1 is 1.00 bits per heavy atom. The molecule has 2 aromatic rings. The number of carbonyl (C=O) groups is 1. The fraction of sp³-hybridized carbons (Fsp3) is 0.211. The van der Waals surface area contributed by atoms with Gasteiger partial charge in [0.2, 0.25) is 20.0 Å². The molecule has 1 saturated carbocycles. The Hall–Kier alpha value is -2.53. The van der Waals surface area contributed by atoms with Gasteiger partial charge in [0.25, 0.3) is 5.91 Å². The van der Waals surface area contributed by atoms with Crippen LogP contribution in [0, 0.1) is 0 Å². The van der Waals surface area contributed by atoms with E-state index in [9.17, 15) is 21.6 Å². The summed E-state index contributed by atoms with van der Waals surface area (Å²) in [5.74, 6) is -0.506. The second kappa shape index (κ2) is 8.46. The average Bonchev–Trinajstić information content (AvgIpc) is 3.50. The number of anilines is 1. The van der Waals surface area contributed by atoms with Gasteiger partial charge in [0.15, 0.2) is 0 Å². The molecule has 0 spiro atoms. The van der Waals surface area contributed by atoms with E-state index in [0.29, 0.717) is 5.69 Å². The van der Waals surface area contributed by atoms with E-state index in [1.54, 1.807) is 0 Å². The molecule has 0 saturated heterocycles. The van der Waals surface area contributed by atoms with E-state index >= 15 is 0 Å². The molecule has 1 aliphatic carbocycles. The minimum Gasteiger partial charge on any atom is -0.322 e. The van der Waals surface area contributed by atoms with Crippen molar-refractivity contribution in [1.29, 1.82) is 0 Å². The lowest BCUT2D eigenvalue weighted by atomic mass is 10.2. The SMILES string of the molecule is C=CCNS(=O)(=O)c1ccc(NC(=O)c2cccc(S(=O)(=O)NC3CC3)c2)cc1. The summed E-state index contributed by atoms with van der Waals surface area (Å²) in [4.78, 5) is 12.6. The van der Waals surface area contributed by atoms with Gasteiger partial charge in [0, 0.05) is 23.8 Å². The van der Waals surface area contributed by atoms with Crippen LogP contribution in [0.1, 0.15) is 23.2 Å². The normalized spacial score (nSPS) is 14.3. The molecule has 0 radical (unpaired) electrons. The number of hydrogen-bond acceptors (Lipinski definition) is 5. The molecule has 29 heavy (non-hydrogen) atoms. The molecule has 0 aromatic heterocycles. The van der Waals surface area contributed by atoms with Gasteiger partial charge >= 0.3 is 0 Å². The van der Waals surface area contributed by atoms with Gasteiger partial charge in [0.05, 0.1) is 9.79 Å². The molecule has 2 aromatic carbocycles. The van der Waals surface area contributed by atoms with Gasteiger partial charge in [-0.25, -0.2) is 26.3 Å². The van der Waals surface area contributed by atoms with Crippen molar-refractivity contribution in [1.82, 2.24) is 9.44 Å². The van der Waals surface area contributed by atoms with Gasteiger partial charge in [-0.2, -0.15) is 0 Å². The first-order valence-electron chi connectivity index (χ1n) is 8.86. The first-order chi connectivity index (χ1) is 13.7. The molecule has 0 atom stereocenters. The summed E-state index contributed by atoms with van der Waals surface area (Å²) in [5.41, 5.74) is 0.551. The highest BCUT2D eigenvalue weighted by Crippen LogP contribution is 2.23. The molecule has 0 heterocycles. The lowest BCUT2D eigenvalue weighted by Crippen LogP contribution is -2.26. The van der Waals surface area contributed by atoms with Crippen molar-refractivity contribution in [3.05, 3.63) is 66.7 Å².